The average molecular weight is 287 g/mol. The first-order valence-corrected chi connectivity index (χ1v) is 7.38. The molecule has 0 spiro atoms. The zero-order valence-electron chi connectivity index (χ0n) is 11.1. The van der Waals surface area contributed by atoms with Gasteiger partial charge in [0.2, 0.25) is 0 Å². The molecule has 0 aliphatic rings. The van der Waals surface area contributed by atoms with Crippen LogP contribution < -0.4 is 5.73 Å². The Balaban J connectivity index is 1.75. The highest BCUT2D eigenvalue weighted by Crippen LogP contribution is 2.17. The summed E-state index contributed by atoms with van der Waals surface area (Å²) in [6.45, 7) is 0.267. The van der Waals surface area contributed by atoms with Crippen molar-refractivity contribution in [3.05, 3.63) is 66.2 Å². The van der Waals surface area contributed by atoms with Gasteiger partial charge in [-0.1, -0.05) is 48.5 Å². The van der Waals surface area contributed by atoms with Crippen molar-refractivity contribution in [1.82, 2.24) is 0 Å². The van der Waals surface area contributed by atoms with Crippen LogP contribution in [0.15, 0.2) is 65.6 Å². The summed E-state index contributed by atoms with van der Waals surface area (Å²) in [5.41, 5.74) is 6.80. The third-order valence-corrected chi connectivity index (χ3v) is 3.83. The fourth-order valence-corrected chi connectivity index (χ4v) is 2.46. The number of thioether (sulfide) groups is 1. The van der Waals surface area contributed by atoms with Crippen LogP contribution in [0.2, 0.25) is 0 Å². The van der Waals surface area contributed by atoms with Crippen LogP contribution in [-0.4, -0.2) is 17.8 Å². The second kappa shape index (κ2) is 7.72. The molecule has 0 aliphatic carbocycles. The molecule has 0 saturated heterocycles. The molecule has 2 N–H and O–H groups in total. The third-order valence-electron chi connectivity index (χ3n) is 2.70. The van der Waals surface area contributed by atoms with E-state index < -0.39 is 6.04 Å². The van der Waals surface area contributed by atoms with E-state index in [1.54, 1.807) is 11.8 Å². The zero-order chi connectivity index (χ0) is 14.2. The van der Waals surface area contributed by atoms with Gasteiger partial charge in [-0.05, 0) is 17.7 Å². The molecule has 4 heteroatoms. The van der Waals surface area contributed by atoms with Crippen molar-refractivity contribution in [2.24, 2.45) is 5.73 Å². The lowest BCUT2D eigenvalue weighted by Gasteiger charge is -2.11. The Morgan fingerprint density at radius 2 is 1.65 bits per heavy atom. The maximum Gasteiger partial charge on any atom is 0.324 e. The number of hydrogen-bond donors (Lipinski definition) is 1. The van der Waals surface area contributed by atoms with Crippen LogP contribution >= 0.6 is 11.8 Å². The molecular weight excluding hydrogens is 270 g/mol. The van der Waals surface area contributed by atoms with E-state index in [0.29, 0.717) is 5.75 Å². The summed E-state index contributed by atoms with van der Waals surface area (Å²) in [6, 6.07) is 18.8. The predicted molar refractivity (Wildman–Crippen MR) is 81.4 cm³/mol. The van der Waals surface area contributed by atoms with Crippen LogP contribution in [0.3, 0.4) is 0 Å². The lowest BCUT2D eigenvalue weighted by molar-refractivity contribution is -0.145. The fraction of sp³-hybridized carbons (Fsp3) is 0.188. The van der Waals surface area contributed by atoms with Gasteiger partial charge >= 0.3 is 5.97 Å². The lowest BCUT2D eigenvalue weighted by atomic mass is 10.2. The Labute approximate surface area is 123 Å². The number of benzene rings is 2. The van der Waals surface area contributed by atoms with Crippen molar-refractivity contribution < 1.29 is 9.53 Å². The number of nitrogens with two attached hydrogens (primary N) is 1. The molecular formula is C16H17NO2S. The van der Waals surface area contributed by atoms with E-state index in [0.717, 1.165) is 10.5 Å². The molecule has 0 aromatic heterocycles. The normalized spacial score (nSPS) is 11.8. The summed E-state index contributed by atoms with van der Waals surface area (Å²) in [6.07, 6.45) is 0. The maximum atomic E-state index is 11.8. The summed E-state index contributed by atoms with van der Waals surface area (Å²) in [7, 11) is 0. The largest absolute Gasteiger partial charge is 0.460 e. The predicted octanol–water partition coefficient (Wildman–Crippen LogP) is 2.85. The van der Waals surface area contributed by atoms with E-state index >= 15 is 0 Å². The van der Waals surface area contributed by atoms with Gasteiger partial charge in [-0.3, -0.25) is 4.79 Å². The van der Waals surface area contributed by atoms with E-state index in [4.69, 9.17) is 10.5 Å². The summed E-state index contributed by atoms with van der Waals surface area (Å²) < 4.78 is 5.20. The fourth-order valence-electron chi connectivity index (χ4n) is 1.61. The lowest BCUT2D eigenvalue weighted by Crippen LogP contribution is -2.34. The van der Waals surface area contributed by atoms with Crippen molar-refractivity contribution >= 4 is 17.7 Å². The van der Waals surface area contributed by atoms with Crippen molar-refractivity contribution in [3.8, 4) is 0 Å². The first-order valence-electron chi connectivity index (χ1n) is 6.39. The quantitative estimate of drug-likeness (QED) is 0.655. The Morgan fingerprint density at radius 1 is 1.05 bits per heavy atom. The summed E-state index contributed by atoms with van der Waals surface area (Å²) in [4.78, 5) is 12.9. The van der Waals surface area contributed by atoms with Gasteiger partial charge in [0, 0.05) is 10.6 Å². The minimum Gasteiger partial charge on any atom is -0.460 e. The van der Waals surface area contributed by atoms with E-state index in [1.165, 1.54) is 0 Å². The molecule has 0 amide bonds. The molecule has 1 atom stereocenters. The number of hydrogen-bond acceptors (Lipinski definition) is 4. The van der Waals surface area contributed by atoms with Gasteiger partial charge < -0.3 is 10.5 Å². The molecule has 2 aromatic carbocycles. The highest BCUT2D eigenvalue weighted by Gasteiger charge is 2.15. The van der Waals surface area contributed by atoms with Crippen molar-refractivity contribution in [1.29, 1.82) is 0 Å². The standard InChI is InChI=1S/C16H17NO2S/c17-15(12-20-14-9-5-2-6-10-14)16(18)19-11-13-7-3-1-4-8-13/h1-10,15H,11-12,17H2/t15-/m0/s1. The Kier molecular flexibility index (Phi) is 5.65. The van der Waals surface area contributed by atoms with Crippen LogP contribution in [0.4, 0.5) is 0 Å². The smallest absolute Gasteiger partial charge is 0.324 e. The monoisotopic (exact) mass is 287 g/mol. The van der Waals surface area contributed by atoms with Gasteiger partial charge in [0.1, 0.15) is 12.6 Å². The van der Waals surface area contributed by atoms with E-state index in [9.17, 15) is 4.79 Å². The van der Waals surface area contributed by atoms with Crippen molar-refractivity contribution in [2.75, 3.05) is 5.75 Å². The van der Waals surface area contributed by atoms with Gasteiger partial charge in [0.25, 0.3) is 0 Å². The number of ether oxygens (including phenoxy) is 1. The molecule has 2 aromatic rings. The molecule has 2 rings (SSSR count). The van der Waals surface area contributed by atoms with E-state index in [2.05, 4.69) is 0 Å². The average Bonchev–Trinajstić information content (AvgIpc) is 2.52. The van der Waals surface area contributed by atoms with Crippen molar-refractivity contribution in [2.45, 2.75) is 17.5 Å². The first-order chi connectivity index (χ1) is 9.75. The molecule has 0 fully saturated rings. The number of rotatable bonds is 6. The molecule has 0 heterocycles. The third kappa shape index (κ3) is 4.72. The Morgan fingerprint density at radius 3 is 2.30 bits per heavy atom. The molecule has 0 radical (unpaired) electrons. The molecule has 0 saturated carbocycles. The Hall–Kier alpha value is -1.78. The molecule has 0 aliphatic heterocycles. The number of carbonyl (C=O) groups is 1. The van der Waals surface area contributed by atoms with Gasteiger partial charge in [-0.25, -0.2) is 0 Å². The summed E-state index contributed by atoms with van der Waals surface area (Å²) in [5, 5.41) is 0. The van der Waals surface area contributed by atoms with Gasteiger partial charge in [-0.15, -0.1) is 11.8 Å². The van der Waals surface area contributed by atoms with Gasteiger partial charge in [0.05, 0.1) is 0 Å². The SMILES string of the molecule is N[C@@H](CSc1ccccc1)C(=O)OCc1ccccc1. The number of esters is 1. The highest BCUT2D eigenvalue weighted by atomic mass is 32.2. The summed E-state index contributed by atoms with van der Waals surface area (Å²) in [5.74, 6) is 0.148. The molecule has 20 heavy (non-hydrogen) atoms. The van der Waals surface area contributed by atoms with Crippen LogP contribution in [-0.2, 0) is 16.1 Å². The topological polar surface area (TPSA) is 52.3 Å². The zero-order valence-corrected chi connectivity index (χ0v) is 11.9. The van der Waals surface area contributed by atoms with E-state index in [-0.39, 0.29) is 12.6 Å². The second-order valence-corrected chi connectivity index (χ2v) is 5.42. The van der Waals surface area contributed by atoms with Crippen LogP contribution in [0, 0.1) is 0 Å². The minimum atomic E-state index is -0.607. The van der Waals surface area contributed by atoms with E-state index in [1.807, 2.05) is 60.7 Å². The van der Waals surface area contributed by atoms with Crippen LogP contribution in [0.1, 0.15) is 5.56 Å². The second-order valence-electron chi connectivity index (χ2n) is 4.32. The first kappa shape index (κ1) is 14.6. The summed E-state index contributed by atoms with van der Waals surface area (Å²) >= 11 is 1.55. The maximum absolute atomic E-state index is 11.8. The van der Waals surface area contributed by atoms with Crippen LogP contribution in [0.5, 0.6) is 0 Å². The Bertz CT molecular complexity index is 531. The molecule has 0 bridgehead atoms. The highest BCUT2D eigenvalue weighted by molar-refractivity contribution is 7.99. The van der Waals surface area contributed by atoms with Crippen LogP contribution in [0.25, 0.3) is 0 Å². The van der Waals surface area contributed by atoms with Crippen molar-refractivity contribution in [3.63, 3.8) is 0 Å². The molecule has 104 valence electrons. The number of carbonyl (C=O) groups excluding carboxylic acids is 1. The molecule has 0 unspecified atom stereocenters. The van der Waals surface area contributed by atoms with Gasteiger partial charge in [-0.2, -0.15) is 0 Å². The minimum absolute atomic E-state index is 0.267. The van der Waals surface area contributed by atoms with Gasteiger partial charge in [0.15, 0.2) is 0 Å². The molecule has 3 nitrogen and oxygen atoms in total.